The average molecular weight is 434 g/mol. The third-order valence-electron chi connectivity index (χ3n) is 5.71. The molecule has 1 aliphatic rings. The van der Waals surface area contributed by atoms with Crippen LogP contribution < -0.4 is 14.9 Å². The highest BCUT2D eigenvalue weighted by atomic mass is 16.5. The summed E-state index contributed by atoms with van der Waals surface area (Å²) in [6.45, 7) is 8.70. The van der Waals surface area contributed by atoms with Gasteiger partial charge in [0, 0.05) is 22.2 Å². The van der Waals surface area contributed by atoms with Gasteiger partial charge in [0.15, 0.2) is 11.5 Å². The smallest absolute Gasteiger partial charge is 0.271 e. The van der Waals surface area contributed by atoms with E-state index in [0.29, 0.717) is 29.6 Å². The van der Waals surface area contributed by atoms with E-state index in [1.165, 1.54) is 17.7 Å². The summed E-state index contributed by atoms with van der Waals surface area (Å²) < 4.78 is 11.5. The first-order valence-corrected chi connectivity index (χ1v) is 11.3. The Morgan fingerprint density at radius 2 is 2.09 bits per heavy atom. The average Bonchev–Trinajstić information content (AvgIpc) is 3.12. The van der Waals surface area contributed by atoms with Gasteiger partial charge in [0.25, 0.3) is 5.91 Å². The van der Waals surface area contributed by atoms with Crippen molar-refractivity contribution in [3.63, 3.8) is 0 Å². The summed E-state index contributed by atoms with van der Waals surface area (Å²) >= 11 is 0. The molecule has 0 saturated heterocycles. The molecule has 168 valence electrons. The van der Waals surface area contributed by atoms with E-state index in [4.69, 9.17) is 9.47 Å². The van der Waals surface area contributed by atoms with Gasteiger partial charge in [-0.3, -0.25) is 4.79 Å². The van der Waals surface area contributed by atoms with Crippen molar-refractivity contribution < 1.29 is 14.3 Å². The van der Waals surface area contributed by atoms with Crippen molar-refractivity contribution in [2.45, 2.75) is 53.1 Å². The number of hydrogen-bond donors (Lipinski definition) is 2. The van der Waals surface area contributed by atoms with Crippen LogP contribution in [0.5, 0.6) is 11.5 Å². The van der Waals surface area contributed by atoms with E-state index in [-0.39, 0.29) is 12.0 Å². The van der Waals surface area contributed by atoms with Gasteiger partial charge in [-0.2, -0.15) is 5.10 Å². The fraction of sp³-hybridized carbons (Fsp3) is 0.385. The van der Waals surface area contributed by atoms with Crippen LogP contribution in [0.1, 0.15) is 61.3 Å². The van der Waals surface area contributed by atoms with Gasteiger partial charge in [0.1, 0.15) is 0 Å². The van der Waals surface area contributed by atoms with Gasteiger partial charge in [-0.1, -0.05) is 6.92 Å². The summed E-state index contributed by atoms with van der Waals surface area (Å²) in [6, 6.07) is 11.4. The van der Waals surface area contributed by atoms with Gasteiger partial charge in [-0.05, 0) is 93.5 Å². The second kappa shape index (κ2) is 9.47. The zero-order chi connectivity index (χ0) is 22.7. The molecule has 6 heteroatoms. The highest BCUT2D eigenvalue weighted by Gasteiger charge is 2.20. The number of nitrogens with zero attached hydrogens (tertiary/aromatic N) is 1. The summed E-state index contributed by atoms with van der Waals surface area (Å²) in [6.07, 6.45) is 4.99. The van der Waals surface area contributed by atoms with Crippen molar-refractivity contribution in [1.82, 2.24) is 10.4 Å². The fourth-order valence-electron chi connectivity index (χ4n) is 4.19. The lowest BCUT2D eigenvalue weighted by atomic mass is 9.87. The predicted octanol–water partition coefficient (Wildman–Crippen LogP) is 5.24. The molecule has 1 unspecified atom stereocenters. The standard InChI is InChI=1S/C26H31N3O3/c1-5-31-25-13-18(7-11-24(25)32-16(2)3)15-27-29-26(30)19-8-10-23-21(14-19)20-12-17(4)6-9-22(20)28-23/h7-8,10-11,13-17,28H,5-6,9,12H2,1-4H3,(H,29,30)/b27-15-. The van der Waals surface area contributed by atoms with Crippen LogP contribution in [-0.2, 0) is 12.8 Å². The van der Waals surface area contributed by atoms with Gasteiger partial charge in [-0.25, -0.2) is 5.43 Å². The first-order chi connectivity index (χ1) is 15.4. The van der Waals surface area contributed by atoms with E-state index in [0.717, 1.165) is 29.3 Å². The van der Waals surface area contributed by atoms with Crippen molar-refractivity contribution >= 4 is 23.0 Å². The Morgan fingerprint density at radius 1 is 1.25 bits per heavy atom. The maximum Gasteiger partial charge on any atom is 0.271 e. The molecule has 1 amide bonds. The van der Waals surface area contributed by atoms with Crippen LogP contribution in [0.25, 0.3) is 10.9 Å². The number of fused-ring (bicyclic) bond motifs is 3. The number of rotatable bonds is 7. The zero-order valence-corrected chi connectivity index (χ0v) is 19.2. The van der Waals surface area contributed by atoms with Crippen molar-refractivity contribution in [3.8, 4) is 11.5 Å². The molecule has 32 heavy (non-hydrogen) atoms. The third-order valence-corrected chi connectivity index (χ3v) is 5.71. The number of aromatic amines is 1. The Bertz CT molecular complexity index is 1150. The molecule has 3 aromatic rings. The minimum Gasteiger partial charge on any atom is -0.490 e. The molecular weight excluding hydrogens is 402 g/mol. The quantitative estimate of drug-likeness (QED) is 0.395. The van der Waals surface area contributed by atoms with Gasteiger partial charge < -0.3 is 14.5 Å². The van der Waals surface area contributed by atoms with Crippen LogP contribution in [0.2, 0.25) is 0 Å². The van der Waals surface area contributed by atoms with Gasteiger partial charge >= 0.3 is 0 Å². The Hall–Kier alpha value is -3.28. The normalized spacial score (nSPS) is 15.8. The molecule has 1 heterocycles. The second-order valence-corrected chi connectivity index (χ2v) is 8.70. The Labute approximate surface area is 189 Å². The first-order valence-electron chi connectivity index (χ1n) is 11.3. The maximum atomic E-state index is 12.7. The number of hydrogen-bond acceptors (Lipinski definition) is 4. The van der Waals surface area contributed by atoms with Crippen LogP contribution in [0.3, 0.4) is 0 Å². The highest BCUT2D eigenvalue weighted by molar-refractivity contribution is 5.99. The molecule has 0 spiro atoms. The minimum atomic E-state index is -0.230. The number of hydrazone groups is 1. The molecule has 0 aliphatic heterocycles. The second-order valence-electron chi connectivity index (χ2n) is 8.70. The summed E-state index contributed by atoms with van der Waals surface area (Å²) in [4.78, 5) is 16.2. The maximum absolute atomic E-state index is 12.7. The number of carbonyl (C=O) groups is 1. The molecule has 1 aromatic heterocycles. The molecule has 6 nitrogen and oxygen atoms in total. The molecular formula is C26H31N3O3. The number of ether oxygens (including phenoxy) is 2. The Kier molecular flexibility index (Phi) is 6.49. The lowest BCUT2D eigenvalue weighted by molar-refractivity contribution is 0.0955. The lowest BCUT2D eigenvalue weighted by Gasteiger charge is -2.18. The summed E-state index contributed by atoms with van der Waals surface area (Å²) in [5, 5.41) is 5.29. The fourth-order valence-corrected chi connectivity index (χ4v) is 4.19. The number of aryl methyl sites for hydroxylation is 1. The number of H-pyrrole nitrogens is 1. The molecule has 2 aromatic carbocycles. The zero-order valence-electron chi connectivity index (χ0n) is 19.2. The van der Waals surface area contributed by atoms with E-state index in [1.54, 1.807) is 6.21 Å². The number of aromatic nitrogens is 1. The van der Waals surface area contributed by atoms with Crippen molar-refractivity contribution in [2.75, 3.05) is 6.61 Å². The van der Waals surface area contributed by atoms with E-state index in [1.807, 2.05) is 57.2 Å². The van der Waals surface area contributed by atoms with E-state index in [9.17, 15) is 4.79 Å². The predicted molar refractivity (Wildman–Crippen MR) is 128 cm³/mol. The number of benzene rings is 2. The molecule has 0 radical (unpaired) electrons. The number of carbonyl (C=O) groups excluding carboxylic acids is 1. The van der Waals surface area contributed by atoms with Gasteiger partial charge in [0.05, 0.1) is 18.9 Å². The molecule has 0 fully saturated rings. The number of nitrogens with one attached hydrogen (secondary N) is 2. The molecule has 2 N–H and O–H groups in total. The van der Waals surface area contributed by atoms with Crippen LogP contribution in [-0.4, -0.2) is 29.8 Å². The van der Waals surface area contributed by atoms with E-state index >= 15 is 0 Å². The van der Waals surface area contributed by atoms with E-state index < -0.39 is 0 Å². The first kappa shape index (κ1) is 21.9. The van der Waals surface area contributed by atoms with Crippen molar-refractivity contribution in [1.29, 1.82) is 0 Å². The summed E-state index contributed by atoms with van der Waals surface area (Å²) in [5.74, 6) is 1.79. The Morgan fingerprint density at radius 3 is 2.88 bits per heavy atom. The Balaban J connectivity index is 1.48. The summed E-state index contributed by atoms with van der Waals surface area (Å²) in [7, 11) is 0. The molecule has 0 bridgehead atoms. The minimum absolute atomic E-state index is 0.0548. The lowest BCUT2D eigenvalue weighted by Crippen LogP contribution is -2.17. The molecule has 1 aliphatic carbocycles. The van der Waals surface area contributed by atoms with Gasteiger partial charge in [-0.15, -0.1) is 0 Å². The molecule has 4 rings (SSSR count). The highest BCUT2D eigenvalue weighted by Crippen LogP contribution is 2.32. The van der Waals surface area contributed by atoms with Crippen LogP contribution >= 0.6 is 0 Å². The largest absolute Gasteiger partial charge is 0.490 e. The molecule has 1 atom stereocenters. The van der Waals surface area contributed by atoms with E-state index in [2.05, 4.69) is 22.4 Å². The summed E-state index contributed by atoms with van der Waals surface area (Å²) in [5.41, 5.74) is 7.81. The van der Waals surface area contributed by atoms with Crippen LogP contribution in [0, 0.1) is 5.92 Å². The third kappa shape index (κ3) is 4.79. The topological polar surface area (TPSA) is 75.7 Å². The van der Waals surface area contributed by atoms with Crippen LogP contribution in [0.15, 0.2) is 41.5 Å². The van der Waals surface area contributed by atoms with Crippen molar-refractivity contribution in [2.24, 2.45) is 11.0 Å². The monoisotopic (exact) mass is 433 g/mol. The van der Waals surface area contributed by atoms with Gasteiger partial charge in [0.2, 0.25) is 0 Å². The SMILES string of the molecule is CCOc1cc(/C=N\NC(=O)c2ccc3[nH]c4c(c3c2)CC(C)CC4)ccc1OC(C)C. The number of amides is 1. The van der Waals surface area contributed by atoms with Crippen LogP contribution in [0.4, 0.5) is 0 Å². The molecule has 0 saturated carbocycles. The van der Waals surface area contributed by atoms with Crippen molar-refractivity contribution in [3.05, 3.63) is 58.8 Å².